The molecule has 0 rings (SSSR count). The van der Waals surface area contributed by atoms with Gasteiger partial charge in [0.1, 0.15) is 0 Å². The van der Waals surface area contributed by atoms with Gasteiger partial charge >= 0.3 is 0 Å². The average molecular weight is 411 g/mol. The van der Waals surface area contributed by atoms with Gasteiger partial charge in [-0.05, 0) is 0 Å². The van der Waals surface area contributed by atoms with E-state index in [0.717, 1.165) is 0 Å². The largest absolute Gasteiger partial charge is 0 e. The first-order valence-corrected chi connectivity index (χ1v) is 12.3. The molecule has 0 aromatic carbocycles. The molecule has 0 amide bonds. The maximum atomic E-state index is 6.18. The molecule has 38 heavy (non-hydrogen) atoms. The first kappa shape index (κ1) is 40.5. The third-order valence-corrected chi connectivity index (χ3v) is 7.33. The lowest BCUT2D eigenvalue weighted by molar-refractivity contribution is 3.27. The van der Waals surface area contributed by atoms with Crippen LogP contribution in [0.1, 0.15) is 0 Å². The molecule has 0 aliphatic heterocycles. The van der Waals surface area contributed by atoms with E-state index in [1.807, 2.05) is 0 Å². The van der Waals surface area contributed by atoms with Gasteiger partial charge in [0.2, 0.25) is 0 Å². The van der Waals surface area contributed by atoms with Crippen molar-refractivity contribution >= 4 is 270 Å². The Kier molecular flexibility index (Phi) is 20.2. The Bertz CT molecular complexity index is 537. The van der Waals surface area contributed by atoms with Crippen LogP contribution >= 0.6 is 0 Å². The molecular formula is B38. The topological polar surface area (TPSA) is 0 Å². The standard InChI is InChI=1S/B38/c1-20-31(22(2)3)38(37(29(16)17)30(18)19)33(36(27(12)13)28(14)15)21-32(34(23(4)5)24(6)7)35(25(8)9)26(10)11. The zero-order valence-electron chi connectivity index (χ0n) is 21.9. The van der Waals surface area contributed by atoms with Crippen LogP contribution in [0.2, 0.25) is 0 Å². The summed E-state index contributed by atoms with van der Waals surface area (Å²) in [6, 6.07) is 0. The molecule has 114 valence electrons. The van der Waals surface area contributed by atoms with Crippen molar-refractivity contribution in [2.75, 3.05) is 0 Å². The molecule has 0 atom stereocenters. The van der Waals surface area contributed by atoms with E-state index in [2.05, 4.69) is 0 Å². The van der Waals surface area contributed by atoms with Crippen molar-refractivity contribution in [2.45, 2.75) is 0 Å². The van der Waals surface area contributed by atoms with E-state index < -0.39 is 109 Å². The van der Waals surface area contributed by atoms with Gasteiger partial charge in [-0.15, -0.1) is 0 Å². The van der Waals surface area contributed by atoms with Crippen LogP contribution in [0.4, 0.5) is 0 Å². The van der Waals surface area contributed by atoms with Crippen molar-refractivity contribution in [1.29, 1.82) is 0 Å². The predicted molar refractivity (Wildman–Crippen MR) is 219 cm³/mol. The molecule has 0 saturated heterocycles. The highest BCUT2D eigenvalue weighted by Gasteiger charge is 2.51. The van der Waals surface area contributed by atoms with Crippen molar-refractivity contribution in [3.63, 3.8) is 0 Å². The Hall–Kier alpha value is 2.47. The molecule has 0 unspecified atom stereocenters. The second-order valence-corrected chi connectivity index (χ2v) is 10.2. The predicted octanol–water partition coefficient (Wildman–Crippen LogP) is -14.5. The molecule has 0 aromatic rings. The summed E-state index contributed by atoms with van der Waals surface area (Å²) in [7, 11) is 119. The van der Waals surface area contributed by atoms with E-state index >= 15 is 0 Å². The van der Waals surface area contributed by atoms with Gasteiger partial charge in [0.25, 0.3) is 0 Å². The molecule has 38 heteroatoms. The van der Waals surface area contributed by atoms with Crippen molar-refractivity contribution in [3.05, 3.63) is 0 Å². The maximum absolute atomic E-state index is 6.18. The van der Waals surface area contributed by atoms with Crippen LogP contribution in [-0.4, -0.2) is 270 Å². The van der Waals surface area contributed by atoms with Gasteiger partial charge in [0, 0.05) is 270 Å². The highest BCUT2D eigenvalue weighted by Crippen LogP contribution is 2.13. The van der Waals surface area contributed by atoms with Gasteiger partial charge in [-0.2, -0.15) is 0 Å². The zero-order chi connectivity index (χ0) is 30.2. The van der Waals surface area contributed by atoms with Crippen LogP contribution in [-0.2, 0) is 0 Å². The second kappa shape index (κ2) is 19.0. The Morgan fingerprint density at radius 1 is 0.263 bits per heavy atom. The Balaban J connectivity index is 7.53. The van der Waals surface area contributed by atoms with Crippen LogP contribution in [0, 0.1) is 0 Å². The lowest BCUT2D eigenvalue weighted by Gasteiger charge is -2.48. The normalized spacial score (nSPS) is 9.47. The molecular weight excluding hydrogens is 411 g/mol. The summed E-state index contributed by atoms with van der Waals surface area (Å²) in [5, 5.41) is 0. The number of rotatable bonds is 18. The molecule has 0 nitrogen and oxygen atoms in total. The Morgan fingerprint density at radius 3 is 0.684 bits per heavy atom. The molecule has 0 aromatic heterocycles. The first-order chi connectivity index (χ1) is 17.3. The van der Waals surface area contributed by atoms with E-state index in [1.54, 1.807) is 7.06 Å². The molecule has 0 aliphatic rings. The average Bonchev–Trinajstić information content (AvgIpc) is 2.70. The lowest BCUT2D eigenvalue weighted by atomic mass is 8.33. The molecule has 0 bridgehead atoms. The van der Waals surface area contributed by atoms with Crippen molar-refractivity contribution < 1.29 is 0 Å². The summed E-state index contributed by atoms with van der Waals surface area (Å²) in [6.45, 7) is 0. The van der Waals surface area contributed by atoms with Crippen molar-refractivity contribution in [3.8, 4) is 0 Å². The monoisotopic (exact) mass is 418 g/mol. The van der Waals surface area contributed by atoms with Gasteiger partial charge in [-0.25, -0.2) is 0 Å². The number of hydrogen-bond acceptors (Lipinski definition) is 0. The summed E-state index contributed by atoms with van der Waals surface area (Å²) in [4.78, 5) is 0. The third kappa shape index (κ3) is 11.5. The molecule has 40 radical (unpaired) electrons. The minimum Gasteiger partial charge on any atom is 0 e. The van der Waals surface area contributed by atoms with Gasteiger partial charge in [-0.3, -0.25) is 0 Å². The second-order valence-electron chi connectivity index (χ2n) is 10.2. The fraction of sp³-hybridized carbons (Fsp3) is 0. The van der Waals surface area contributed by atoms with Gasteiger partial charge in [-0.1, -0.05) is 0 Å². The quantitative estimate of drug-likeness (QED) is 0.197. The van der Waals surface area contributed by atoms with E-state index in [0.29, 0.717) is 0 Å². The highest BCUT2D eigenvalue weighted by molar-refractivity contribution is 8.26. The maximum Gasteiger partial charge on any atom is 0 e. The minimum absolute atomic E-state index is 0.820. The summed E-state index contributed by atoms with van der Waals surface area (Å²) < 4.78 is 0. The minimum atomic E-state index is -1.11. The van der Waals surface area contributed by atoms with E-state index in [1.165, 1.54) is 7.06 Å². The molecule has 0 aliphatic carbocycles. The molecule has 0 fully saturated rings. The van der Waals surface area contributed by atoms with Crippen LogP contribution in [0.3, 0.4) is 0 Å². The molecule has 0 spiro atoms. The Morgan fingerprint density at radius 2 is 0.500 bits per heavy atom. The van der Waals surface area contributed by atoms with E-state index in [9.17, 15) is 0 Å². The highest BCUT2D eigenvalue weighted by atomic mass is 13.3. The lowest BCUT2D eigenvalue weighted by Crippen LogP contribution is -2.86. The SMILES string of the molecule is [B][B]B(B([B])[B])B(B([B]B(B(B([B])[B])B([B])[B])B(B([B])[B])B([B])[B])B(B([B])[B])B([B])[B])B(B([B])[B])B([B])[B]. The fourth-order valence-corrected chi connectivity index (χ4v) is 5.65. The van der Waals surface area contributed by atoms with Crippen LogP contribution < -0.4 is 0 Å². The van der Waals surface area contributed by atoms with E-state index in [-0.39, 0.29) is 0 Å². The van der Waals surface area contributed by atoms with Gasteiger partial charge in [0.15, 0.2) is 0 Å². The molecule has 0 heterocycles. The first-order valence-electron chi connectivity index (χ1n) is 12.3. The van der Waals surface area contributed by atoms with Gasteiger partial charge < -0.3 is 0 Å². The number of hydrogen-bond donors (Lipinski definition) is 0. The van der Waals surface area contributed by atoms with Crippen molar-refractivity contribution in [1.82, 2.24) is 0 Å². The van der Waals surface area contributed by atoms with Crippen molar-refractivity contribution in [2.24, 2.45) is 0 Å². The fourth-order valence-electron chi connectivity index (χ4n) is 5.65. The smallest absolute Gasteiger partial charge is 0 e. The van der Waals surface area contributed by atoms with Gasteiger partial charge in [0.05, 0.1) is 0 Å². The van der Waals surface area contributed by atoms with Crippen LogP contribution in [0.25, 0.3) is 0 Å². The third-order valence-electron chi connectivity index (χ3n) is 7.33. The molecule has 0 saturated carbocycles. The Labute approximate surface area is 268 Å². The summed E-state index contributed by atoms with van der Waals surface area (Å²) >= 11 is 0. The zero-order valence-corrected chi connectivity index (χ0v) is 21.9. The summed E-state index contributed by atoms with van der Waals surface area (Å²) in [5.74, 6) is 0. The molecule has 0 N–H and O–H groups in total. The van der Waals surface area contributed by atoms with E-state index in [4.69, 9.17) is 147 Å². The van der Waals surface area contributed by atoms with Crippen LogP contribution in [0.15, 0.2) is 0 Å². The van der Waals surface area contributed by atoms with Crippen LogP contribution in [0.5, 0.6) is 0 Å². The summed E-state index contributed by atoms with van der Waals surface area (Å²) in [6.07, 6.45) is -16.7. The summed E-state index contributed by atoms with van der Waals surface area (Å²) in [5.41, 5.74) is 0.